The van der Waals surface area contributed by atoms with Crippen molar-refractivity contribution in [3.05, 3.63) is 38.4 Å². The number of fused-ring (bicyclic) bond motifs is 1. The highest BCUT2D eigenvalue weighted by atomic mass is 79.9. The summed E-state index contributed by atoms with van der Waals surface area (Å²) >= 11 is 15.4. The largest absolute Gasteiger partial charge is 0.253 e. The lowest BCUT2D eigenvalue weighted by Crippen LogP contribution is -1.86. The number of hydrogen-bond donors (Lipinski definition) is 0. The summed E-state index contributed by atoms with van der Waals surface area (Å²) in [6.45, 7) is 1.98. The summed E-state index contributed by atoms with van der Waals surface area (Å²) in [5.41, 5.74) is 1.92. The summed E-state index contributed by atoms with van der Waals surface area (Å²) in [7, 11) is 0. The second-order valence-corrected chi connectivity index (χ2v) is 4.65. The van der Waals surface area contributed by atoms with Crippen LogP contribution in [0.1, 0.15) is 5.56 Å². The van der Waals surface area contributed by atoms with E-state index in [0.717, 1.165) is 20.9 Å². The van der Waals surface area contributed by atoms with Gasteiger partial charge in [-0.2, -0.15) is 0 Å². The first-order valence-corrected chi connectivity index (χ1v) is 5.55. The van der Waals surface area contributed by atoms with Gasteiger partial charge in [0.2, 0.25) is 0 Å². The van der Waals surface area contributed by atoms with E-state index in [-0.39, 0.29) is 0 Å². The van der Waals surface area contributed by atoms with Gasteiger partial charge in [-0.25, -0.2) is 0 Å². The normalized spacial score (nSPS) is 10.9. The molecule has 2 aromatic rings. The van der Waals surface area contributed by atoms with E-state index in [1.54, 1.807) is 6.20 Å². The molecule has 0 amide bonds. The molecular formula is C10H6BrCl2N. The highest BCUT2D eigenvalue weighted by molar-refractivity contribution is 9.10. The molecule has 14 heavy (non-hydrogen) atoms. The molecule has 0 unspecified atom stereocenters. The number of benzene rings is 1. The number of rotatable bonds is 0. The van der Waals surface area contributed by atoms with Crippen molar-refractivity contribution in [2.45, 2.75) is 6.92 Å². The molecule has 0 bridgehead atoms. The maximum absolute atomic E-state index is 6.11. The van der Waals surface area contributed by atoms with Crippen molar-refractivity contribution in [1.82, 2.24) is 4.98 Å². The van der Waals surface area contributed by atoms with Crippen LogP contribution in [0.15, 0.2) is 22.8 Å². The van der Waals surface area contributed by atoms with Crippen molar-refractivity contribution >= 4 is 50.0 Å². The first kappa shape index (κ1) is 10.2. The van der Waals surface area contributed by atoms with E-state index in [1.807, 2.05) is 19.1 Å². The smallest absolute Gasteiger partial charge is 0.0862 e. The maximum Gasteiger partial charge on any atom is 0.0862 e. The Morgan fingerprint density at radius 1 is 1.29 bits per heavy atom. The minimum Gasteiger partial charge on any atom is -0.253 e. The highest BCUT2D eigenvalue weighted by Gasteiger charge is 2.09. The Balaban J connectivity index is 3.01. The van der Waals surface area contributed by atoms with Crippen molar-refractivity contribution in [1.29, 1.82) is 0 Å². The molecule has 0 radical (unpaired) electrons. The van der Waals surface area contributed by atoms with Crippen molar-refractivity contribution in [2.24, 2.45) is 0 Å². The summed E-state index contributed by atoms with van der Waals surface area (Å²) in [6.07, 6.45) is 1.57. The van der Waals surface area contributed by atoms with Gasteiger partial charge in [-0.05, 0) is 34.5 Å². The average Bonchev–Trinajstić information content (AvgIpc) is 2.16. The number of aryl methyl sites for hydroxylation is 1. The van der Waals surface area contributed by atoms with Gasteiger partial charge in [0, 0.05) is 16.1 Å². The van der Waals surface area contributed by atoms with E-state index in [9.17, 15) is 0 Å². The van der Waals surface area contributed by atoms with E-state index in [1.165, 1.54) is 0 Å². The second-order valence-electron chi connectivity index (χ2n) is 3.01. The Hall–Kier alpha value is -0.310. The molecule has 0 atom stereocenters. The molecule has 0 saturated heterocycles. The van der Waals surface area contributed by atoms with E-state index >= 15 is 0 Å². The zero-order chi connectivity index (χ0) is 10.3. The van der Waals surface area contributed by atoms with Crippen molar-refractivity contribution < 1.29 is 0 Å². The molecule has 1 nitrogen and oxygen atoms in total. The minimum atomic E-state index is 0.486. The number of aromatic nitrogens is 1. The Bertz CT molecular complexity index is 511. The van der Waals surface area contributed by atoms with Gasteiger partial charge in [-0.3, -0.25) is 4.98 Å². The van der Waals surface area contributed by atoms with Gasteiger partial charge in [0.25, 0.3) is 0 Å². The van der Waals surface area contributed by atoms with Gasteiger partial charge < -0.3 is 0 Å². The third kappa shape index (κ3) is 1.52. The summed E-state index contributed by atoms with van der Waals surface area (Å²) in [5.74, 6) is 0. The van der Waals surface area contributed by atoms with Gasteiger partial charge in [-0.1, -0.05) is 29.3 Å². The lowest BCUT2D eigenvalue weighted by atomic mass is 10.1. The molecule has 1 aromatic carbocycles. The molecule has 0 N–H and O–H groups in total. The van der Waals surface area contributed by atoms with Gasteiger partial charge >= 0.3 is 0 Å². The van der Waals surface area contributed by atoms with Crippen molar-refractivity contribution in [3.63, 3.8) is 0 Å². The van der Waals surface area contributed by atoms with E-state index < -0.39 is 0 Å². The molecule has 1 aromatic heterocycles. The number of pyridine rings is 1. The first-order chi connectivity index (χ1) is 6.61. The molecule has 1 heterocycles. The van der Waals surface area contributed by atoms with Gasteiger partial charge in [0.05, 0.1) is 15.6 Å². The summed E-state index contributed by atoms with van der Waals surface area (Å²) in [6, 6.07) is 3.94. The van der Waals surface area contributed by atoms with Crippen LogP contribution in [0.3, 0.4) is 0 Å². The second kappa shape index (κ2) is 3.69. The van der Waals surface area contributed by atoms with Crippen LogP contribution in [0.4, 0.5) is 0 Å². The van der Waals surface area contributed by atoms with E-state index in [0.29, 0.717) is 10.0 Å². The zero-order valence-electron chi connectivity index (χ0n) is 7.31. The highest BCUT2D eigenvalue weighted by Crippen LogP contribution is 2.34. The van der Waals surface area contributed by atoms with Crippen LogP contribution < -0.4 is 0 Å². The Kier molecular flexibility index (Phi) is 2.69. The molecule has 0 fully saturated rings. The average molecular weight is 291 g/mol. The maximum atomic E-state index is 6.11. The van der Waals surface area contributed by atoms with Crippen LogP contribution in [0.25, 0.3) is 10.9 Å². The zero-order valence-corrected chi connectivity index (χ0v) is 10.4. The van der Waals surface area contributed by atoms with Crippen LogP contribution in [-0.4, -0.2) is 4.98 Å². The summed E-state index contributed by atoms with van der Waals surface area (Å²) < 4.78 is 0.927. The molecule has 0 aliphatic rings. The fourth-order valence-electron chi connectivity index (χ4n) is 1.37. The molecule has 0 aliphatic heterocycles. The lowest BCUT2D eigenvalue weighted by molar-refractivity contribution is 1.38. The first-order valence-electron chi connectivity index (χ1n) is 4.00. The molecule has 2 rings (SSSR count). The van der Waals surface area contributed by atoms with Crippen LogP contribution in [-0.2, 0) is 0 Å². The molecular weight excluding hydrogens is 285 g/mol. The predicted octanol–water partition coefficient (Wildman–Crippen LogP) is 4.61. The molecule has 4 heteroatoms. The molecule has 0 aliphatic carbocycles. The molecule has 0 saturated carbocycles. The molecule has 0 spiro atoms. The predicted molar refractivity (Wildman–Crippen MR) is 64.2 cm³/mol. The van der Waals surface area contributed by atoms with Crippen LogP contribution in [0, 0.1) is 6.92 Å². The van der Waals surface area contributed by atoms with Crippen LogP contribution >= 0.6 is 39.1 Å². The minimum absolute atomic E-state index is 0.486. The monoisotopic (exact) mass is 289 g/mol. The Morgan fingerprint density at radius 2 is 2.00 bits per heavy atom. The van der Waals surface area contributed by atoms with E-state index in [4.69, 9.17) is 23.2 Å². The lowest BCUT2D eigenvalue weighted by Gasteiger charge is -2.06. The van der Waals surface area contributed by atoms with Gasteiger partial charge in [-0.15, -0.1) is 0 Å². The van der Waals surface area contributed by atoms with Gasteiger partial charge in [0.15, 0.2) is 0 Å². The standard InChI is InChI=1S/C10H6BrCl2N/c1-5-2-3-6(11)10-8(5)9(13)7(12)4-14-10/h2-4H,1H3. The summed E-state index contributed by atoms with van der Waals surface area (Å²) in [4.78, 5) is 4.24. The van der Waals surface area contributed by atoms with Crippen molar-refractivity contribution in [2.75, 3.05) is 0 Å². The SMILES string of the molecule is Cc1ccc(Br)c2ncc(Cl)c(Cl)c12. The van der Waals surface area contributed by atoms with Crippen LogP contribution in [0.5, 0.6) is 0 Å². The Labute approximate surface area is 100 Å². The number of nitrogens with zero attached hydrogens (tertiary/aromatic N) is 1. The number of halogens is 3. The molecule has 72 valence electrons. The third-order valence-electron chi connectivity index (χ3n) is 2.07. The van der Waals surface area contributed by atoms with Gasteiger partial charge in [0.1, 0.15) is 0 Å². The quantitative estimate of drug-likeness (QED) is 0.690. The fourth-order valence-corrected chi connectivity index (χ4v) is 2.23. The summed E-state index contributed by atoms with van der Waals surface area (Å²) in [5, 5.41) is 1.96. The Morgan fingerprint density at radius 3 is 2.71 bits per heavy atom. The van der Waals surface area contributed by atoms with Crippen LogP contribution in [0.2, 0.25) is 10.0 Å². The number of hydrogen-bond acceptors (Lipinski definition) is 1. The van der Waals surface area contributed by atoms with Crippen molar-refractivity contribution in [3.8, 4) is 0 Å². The topological polar surface area (TPSA) is 12.9 Å². The fraction of sp³-hybridized carbons (Fsp3) is 0.100. The van der Waals surface area contributed by atoms with E-state index in [2.05, 4.69) is 20.9 Å². The third-order valence-corrected chi connectivity index (χ3v) is 3.49.